The lowest BCUT2D eigenvalue weighted by molar-refractivity contribution is -0.148. The van der Waals surface area contributed by atoms with Crippen LogP contribution < -0.4 is 0 Å². The smallest absolute Gasteiger partial charge is 0.230 e. The Morgan fingerprint density at radius 2 is 1.88 bits per heavy atom. The molecular formula is C18H27N5O2. The first kappa shape index (κ1) is 16.5. The molecule has 3 fully saturated rings. The molecule has 1 atom stereocenters. The Morgan fingerprint density at radius 3 is 2.64 bits per heavy atom. The summed E-state index contributed by atoms with van der Waals surface area (Å²) in [4.78, 5) is 29.8. The van der Waals surface area contributed by atoms with E-state index in [1.807, 2.05) is 9.47 Å². The molecule has 0 N–H and O–H groups in total. The van der Waals surface area contributed by atoms with Gasteiger partial charge in [-0.1, -0.05) is 12.8 Å². The van der Waals surface area contributed by atoms with Crippen molar-refractivity contribution in [1.82, 2.24) is 24.6 Å². The summed E-state index contributed by atoms with van der Waals surface area (Å²) in [5.74, 6) is 0.455. The number of carbonyl (C=O) groups is 2. The van der Waals surface area contributed by atoms with Crippen LogP contribution in [0.25, 0.3) is 0 Å². The summed E-state index contributed by atoms with van der Waals surface area (Å²) in [5.41, 5.74) is -0.312. The number of aryl methyl sites for hydroxylation is 1. The van der Waals surface area contributed by atoms with Crippen LogP contribution in [0.4, 0.5) is 0 Å². The zero-order chi connectivity index (χ0) is 17.3. The summed E-state index contributed by atoms with van der Waals surface area (Å²) in [6.07, 6.45) is 11.3. The molecule has 1 aliphatic carbocycles. The van der Waals surface area contributed by atoms with E-state index in [2.05, 4.69) is 15.1 Å². The van der Waals surface area contributed by atoms with Crippen molar-refractivity contribution in [3.05, 3.63) is 12.7 Å². The maximum Gasteiger partial charge on any atom is 0.230 e. The van der Waals surface area contributed by atoms with Gasteiger partial charge < -0.3 is 14.4 Å². The van der Waals surface area contributed by atoms with Gasteiger partial charge in [0.2, 0.25) is 11.8 Å². The SMILES string of the molecule is O=C(CCn1cnnc1)N1CCC2(CCCN(C3CCCC3)C2=O)C1. The molecule has 1 aromatic heterocycles. The fourth-order valence-electron chi connectivity index (χ4n) is 4.85. The molecule has 1 saturated carbocycles. The van der Waals surface area contributed by atoms with E-state index in [-0.39, 0.29) is 11.3 Å². The number of carbonyl (C=O) groups excluding carboxylic acids is 2. The van der Waals surface area contributed by atoms with Gasteiger partial charge in [0.25, 0.3) is 0 Å². The minimum Gasteiger partial charge on any atom is -0.342 e. The van der Waals surface area contributed by atoms with Crippen molar-refractivity contribution in [2.24, 2.45) is 5.41 Å². The van der Waals surface area contributed by atoms with Crippen LogP contribution in [0.15, 0.2) is 12.7 Å². The van der Waals surface area contributed by atoms with Gasteiger partial charge in [-0.05, 0) is 32.1 Å². The van der Waals surface area contributed by atoms with Gasteiger partial charge in [0, 0.05) is 38.6 Å². The molecular weight excluding hydrogens is 318 g/mol. The Balaban J connectivity index is 1.38. The molecule has 2 amide bonds. The summed E-state index contributed by atoms with van der Waals surface area (Å²) in [7, 11) is 0. The highest BCUT2D eigenvalue weighted by molar-refractivity contribution is 5.86. The van der Waals surface area contributed by atoms with E-state index >= 15 is 0 Å². The fraction of sp³-hybridized carbons (Fsp3) is 0.778. The van der Waals surface area contributed by atoms with Crippen LogP contribution in [0.3, 0.4) is 0 Å². The number of hydrogen-bond acceptors (Lipinski definition) is 4. The van der Waals surface area contributed by atoms with Crippen molar-refractivity contribution in [3.8, 4) is 0 Å². The average Bonchev–Trinajstić information content (AvgIpc) is 3.38. The zero-order valence-electron chi connectivity index (χ0n) is 14.8. The molecule has 25 heavy (non-hydrogen) atoms. The molecule has 0 bridgehead atoms. The van der Waals surface area contributed by atoms with Crippen LogP contribution in [0.1, 0.15) is 51.4 Å². The summed E-state index contributed by atoms with van der Waals surface area (Å²) >= 11 is 0. The van der Waals surface area contributed by atoms with Crippen LogP contribution in [-0.2, 0) is 16.1 Å². The van der Waals surface area contributed by atoms with Gasteiger partial charge in [-0.3, -0.25) is 9.59 Å². The monoisotopic (exact) mass is 345 g/mol. The van der Waals surface area contributed by atoms with Gasteiger partial charge in [-0.2, -0.15) is 0 Å². The predicted molar refractivity (Wildman–Crippen MR) is 91.5 cm³/mol. The molecule has 7 heteroatoms. The van der Waals surface area contributed by atoms with Crippen LogP contribution >= 0.6 is 0 Å². The van der Waals surface area contributed by atoms with Crippen LogP contribution in [0.5, 0.6) is 0 Å². The van der Waals surface area contributed by atoms with E-state index < -0.39 is 0 Å². The highest BCUT2D eigenvalue weighted by Gasteiger charge is 2.50. The van der Waals surface area contributed by atoms with Crippen molar-refractivity contribution >= 4 is 11.8 Å². The van der Waals surface area contributed by atoms with Crippen molar-refractivity contribution in [3.63, 3.8) is 0 Å². The Labute approximate surface area is 148 Å². The third kappa shape index (κ3) is 3.16. The number of likely N-dealkylation sites (tertiary alicyclic amines) is 2. The molecule has 136 valence electrons. The van der Waals surface area contributed by atoms with Gasteiger partial charge in [-0.15, -0.1) is 10.2 Å². The topological polar surface area (TPSA) is 71.3 Å². The molecule has 0 aromatic carbocycles. The lowest BCUT2D eigenvalue weighted by Gasteiger charge is -2.42. The van der Waals surface area contributed by atoms with Gasteiger partial charge in [-0.25, -0.2) is 0 Å². The summed E-state index contributed by atoms with van der Waals surface area (Å²) in [5, 5.41) is 7.52. The van der Waals surface area contributed by atoms with Gasteiger partial charge >= 0.3 is 0 Å². The van der Waals surface area contributed by atoms with E-state index in [1.165, 1.54) is 12.8 Å². The van der Waals surface area contributed by atoms with Crippen LogP contribution in [-0.4, -0.2) is 62.1 Å². The molecule has 2 aliphatic heterocycles. The number of nitrogens with zero attached hydrogens (tertiary/aromatic N) is 5. The Hall–Kier alpha value is -1.92. The minimum absolute atomic E-state index is 0.136. The number of amides is 2. The largest absolute Gasteiger partial charge is 0.342 e. The summed E-state index contributed by atoms with van der Waals surface area (Å²) in [6.45, 7) is 2.83. The van der Waals surface area contributed by atoms with Crippen molar-refractivity contribution in [2.45, 2.75) is 64.0 Å². The van der Waals surface area contributed by atoms with Crippen molar-refractivity contribution in [1.29, 1.82) is 0 Å². The van der Waals surface area contributed by atoms with Crippen molar-refractivity contribution < 1.29 is 9.59 Å². The molecule has 1 unspecified atom stereocenters. The van der Waals surface area contributed by atoms with Crippen LogP contribution in [0, 0.1) is 5.41 Å². The first-order valence-corrected chi connectivity index (χ1v) is 9.59. The normalized spacial score (nSPS) is 27.6. The highest BCUT2D eigenvalue weighted by atomic mass is 16.2. The Morgan fingerprint density at radius 1 is 1.12 bits per heavy atom. The fourth-order valence-corrected chi connectivity index (χ4v) is 4.85. The van der Waals surface area contributed by atoms with Gasteiger partial charge in [0.1, 0.15) is 12.7 Å². The predicted octanol–water partition coefficient (Wildman–Crippen LogP) is 1.45. The highest BCUT2D eigenvalue weighted by Crippen LogP contribution is 2.42. The molecule has 1 aromatic rings. The molecule has 0 radical (unpaired) electrons. The van der Waals surface area contributed by atoms with Gasteiger partial charge in [0.05, 0.1) is 5.41 Å². The second kappa shape index (κ2) is 6.77. The molecule has 3 heterocycles. The first-order valence-electron chi connectivity index (χ1n) is 9.59. The molecule has 7 nitrogen and oxygen atoms in total. The summed E-state index contributed by atoms with van der Waals surface area (Å²) < 4.78 is 1.82. The summed E-state index contributed by atoms with van der Waals surface area (Å²) in [6, 6.07) is 0.447. The lowest BCUT2D eigenvalue weighted by atomic mass is 9.77. The Kier molecular flexibility index (Phi) is 4.48. The van der Waals surface area contributed by atoms with Crippen LogP contribution in [0.2, 0.25) is 0 Å². The Bertz CT molecular complexity index is 625. The maximum absolute atomic E-state index is 13.2. The van der Waals surface area contributed by atoms with E-state index in [0.717, 1.165) is 38.6 Å². The standard InChI is InChI=1S/C18H27N5O2/c24-16(6-10-21-13-19-20-14-21)22-11-8-18(12-22)7-3-9-23(17(18)25)15-4-1-2-5-15/h13-15H,1-12H2. The van der Waals surface area contributed by atoms with E-state index in [0.29, 0.717) is 38.0 Å². The number of hydrogen-bond donors (Lipinski definition) is 0. The molecule has 4 rings (SSSR count). The molecule has 1 spiro atoms. The number of rotatable bonds is 4. The van der Waals surface area contributed by atoms with E-state index in [9.17, 15) is 9.59 Å². The zero-order valence-corrected chi connectivity index (χ0v) is 14.8. The van der Waals surface area contributed by atoms with E-state index in [4.69, 9.17) is 0 Å². The van der Waals surface area contributed by atoms with Gasteiger partial charge in [0.15, 0.2) is 0 Å². The first-order chi connectivity index (χ1) is 12.2. The average molecular weight is 345 g/mol. The maximum atomic E-state index is 13.2. The quantitative estimate of drug-likeness (QED) is 0.828. The second-order valence-corrected chi connectivity index (χ2v) is 7.84. The third-order valence-electron chi connectivity index (χ3n) is 6.29. The van der Waals surface area contributed by atoms with E-state index in [1.54, 1.807) is 12.7 Å². The second-order valence-electron chi connectivity index (χ2n) is 7.84. The minimum atomic E-state index is -0.312. The molecule has 3 aliphatic rings. The number of piperidine rings is 1. The number of aromatic nitrogens is 3. The lowest BCUT2D eigenvalue weighted by Crippen LogP contribution is -2.53. The third-order valence-corrected chi connectivity index (χ3v) is 6.29. The molecule has 2 saturated heterocycles. The van der Waals surface area contributed by atoms with Crippen molar-refractivity contribution in [2.75, 3.05) is 19.6 Å².